The highest BCUT2D eigenvalue weighted by Gasteiger charge is 2.37. The topological polar surface area (TPSA) is 35.8 Å². The van der Waals surface area contributed by atoms with Gasteiger partial charge in [-0.05, 0) is 48.8 Å². The number of allylic oxidation sites excluding steroid dienone is 2. The highest BCUT2D eigenvalue weighted by molar-refractivity contribution is 6.03. The summed E-state index contributed by atoms with van der Waals surface area (Å²) in [5.74, 6) is 1.08. The van der Waals surface area contributed by atoms with Crippen molar-refractivity contribution in [2.24, 2.45) is 10.4 Å². The molecule has 0 atom stereocenters. The normalized spacial score (nSPS) is 18.7. The summed E-state index contributed by atoms with van der Waals surface area (Å²) in [5, 5.41) is 10.5. The second kappa shape index (κ2) is 7.31. The summed E-state index contributed by atoms with van der Waals surface area (Å²) >= 11 is 0. The van der Waals surface area contributed by atoms with Crippen LogP contribution in [0.25, 0.3) is 0 Å². The highest BCUT2D eigenvalue weighted by atomic mass is 16.3. The summed E-state index contributed by atoms with van der Waals surface area (Å²) in [6, 6.07) is 18.0. The molecule has 0 aromatic heterocycles. The van der Waals surface area contributed by atoms with E-state index in [-0.39, 0.29) is 11.2 Å². The Bertz CT molecular complexity index is 954. The molecule has 0 radical (unpaired) electrons. The Labute approximate surface area is 167 Å². The van der Waals surface area contributed by atoms with Gasteiger partial charge in [-0.1, -0.05) is 62.9 Å². The van der Waals surface area contributed by atoms with Crippen molar-refractivity contribution in [1.29, 1.82) is 0 Å². The third-order valence-electron chi connectivity index (χ3n) is 5.90. The zero-order chi connectivity index (χ0) is 19.7. The predicted molar refractivity (Wildman–Crippen MR) is 115 cm³/mol. The van der Waals surface area contributed by atoms with E-state index in [0.29, 0.717) is 0 Å². The minimum atomic E-state index is 0.0728. The molecular formula is C25H28N2O. The molecule has 1 aliphatic heterocycles. The molecule has 0 amide bonds. The average Bonchev–Trinajstić information content (AvgIpc) is 2.67. The van der Waals surface area contributed by atoms with Crippen LogP contribution in [0.5, 0.6) is 5.75 Å². The van der Waals surface area contributed by atoms with Crippen molar-refractivity contribution < 1.29 is 5.11 Å². The quantitative estimate of drug-likeness (QED) is 0.750. The van der Waals surface area contributed by atoms with Gasteiger partial charge in [0.15, 0.2) is 0 Å². The van der Waals surface area contributed by atoms with Crippen molar-refractivity contribution in [2.45, 2.75) is 39.5 Å². The molecule has 1 aliphatic carbocycles. The fourth-order valence-corrected chi connectivity index (χ4v) is 4.45. The molecule has 0 spiro atoms. The molecule has 3 nitrogen and oxygen atoms in total. The van der Waals surface area contributed by atoms with E-state index in [1.807, 2.05) is 24.3 Å². The molecule has 2 aromatic carbocycles. The first-order valence-corrected chi connectivity index (χ1v) is 10.1. The molecule has 0 saturated heterocycles. The lowest BCUT2D eigenvalue weighted by molar-refractivity contribution is 0.345. The first kappa shape index (κ1) is 18.5. The van der Waals surface area contributed by atoms with Crippen molar-refractivity contribution >= 4 is 5.84 Å². The molecule has 0 fully saturated rings. The van der Waals surface area contributed by atoms with E-state index in [2.05, 4.69) is 49.6 Å². The lowest BCUT2D eigenvalue weighted by atomic mass is 9.72. The number of hydrogen-bond donors (Lipinski definition) is 1. The van der Waals surface area contributed by atoms with Gasteiger partial charge in [0.25, 0.3) is 0 Å². The van der Waals surface area contributed by atoms with Crippen LogP contribution in [-0.4, -0.2) is 22.4 Å². The van der Waals surface area contributed by atoms with Crippen LogP contribution in [0.15, 0.2) is 83.1 Å². The van der Waals surface area contributed by atoms with Gasteiger partial charge >= 0.3 is 0 Å². The maximum atomic E-state index is 10.5. The summed E-state index contributed by atoms with van der Waals surface area (Å²) in [5.41, 5.74) is 5.58. The lowest BCUT2D eigenvalue weighted by Crippen LogP contribution is -2.40. The zero-order valence-corrected chi connectivity index (χ0v) is 16.8. The van der Waals surface area contributed by atoms with Gasteiger partial charge in [0.05, 0.1) is 5.56 Å². The van der Waals surface area contributed by atoms with Crippen LogP contribution < -0.4 is 0 Å². The minimum absolute atomic E-state index is 0.0728. The van der Waals surface area contributed by atoms with Crippen LogP contribution >= 0.6 is 0 Å². The average molecular weight is 373 g/mol. The number of hydrogen-bond acceptors (Lipinski definition) is 3. The molecule has 1 heterocycles. The van der Waals surface area contributed by atoms with Gasteiger partial charge < -0.3 is 10.0 Å². The fourth-order valence-electron chi connectivity index (χ4n) is 4.45. The first-order valence-electron chi connectivity index (χ1n) is 10.1. The van der Waals surface area contributed by atoms with E-state index in [1.165, 1.54) is 11.1 Å². The third kappa shape index (κ3) is 3.37. The highest BCUT2D eigenvalue weighted by Crippen LogP contribution is 2.47. The van der Waals surface area contributed by atoms with Gasteiger partial charge in [-0.25, -0.2) is 4.99 Å². The van der Waals surface area contributed by atoms with Crippen molar-refractivity contribution in [2.75, 3.05) is 6.54 Å². The molecule has 1 N–H and O–H groups in total. The Balaban J connectivity index is 1.76. The monoisotopic (exact) mass is 372 g/mol. The summed E-state index contributed by atoms with van der Waals surface area (Å²) in [7, 11) is 0. The summed E-state index contributed by atoms with van der Waals surface area (Å²) in [6.45, 7) is 9.87. The van der Waals surface area contributed by atoms with Crippen LogP contribution in [0.3, 0.4) is 0 Å². The SMILES string of the molecule is C=C1C2=C(CCCC2(C)C)N=C(c2ccccc2O)N1CCc1ccccc1. The number of phenolic OH excluding ortho intramolecular Hbond substituents is 1. The Morgan fingerprint density at radius 2 is 1.79 bits per heavy atom. The number of rotatable bonds is 4. The van der Waals surface area contributed by atoms with Gasteiger partial charge in [-0.15, -0.1) is 0 Å². The first-order chi connectivity index (χ1) is 13.5. The molecule has 0 bridgehead atoms. The number of aromatic hydroxyl groups is 1. The maximum absolute atomic E-state index is 10.5. The van der Waals surface area contributed by atoms with E-state index in [1.54, 1.807) is 6.07 Å². The molecule has 4 rings (SSSR count). The van der Waals surface area contributed by atoms with Crippen LogP contribution in [0.2, 0.25) is 0 Å². The predicted octanol–water partition coefficient (Wildman–Crippen LogP) is 5.68. The molecular weight excluding hydrogens is 344 g/mol. The molecule has 3 heteroatoms. The summed E-state index contributed by atoms with van der Waals surface area (Å²) in [6.07, 6.45) is 4.16. The van der Waals surface area contributed by atoms with Gasteiger partial charge in [-0.3, -0.25) is 0 Å². The zero-order valence-electron chi connectivity index (χ0n) is 16.8. The molecule has 144 valence electrons. The van der Waals surface area contributed by atoms with E-state index in [9.17, 15) is 5.11 Å². The Morgan fingerprint density at radius 1 is 1.07 bits per heavy atom. The number of aliphatic imine (C=N–C) groups is 1. The number of para-hydroxylation sites is 1. The van der Waals surface area contributed by atoms with Crippen molar-refractivity contribution in [3.63, 3.8) is 0 Å². The van der Waals surface area contributed by atoms with Gasteiger partial charge in [0.1, 0.15) is 11.6 Å². The second-order valence-corrected chi connectivity index (χ2v) is 8.35. The fraction of sp³-hybridized carbons (Fsp3) is 0.320. The largest absolute Gasteiger partial charge is 0.507 e. The van der Waals surface area contributed by atoms with Gasteiger partial charge in [0, 0.05) is 23.5 Å². The van der Waals surface area contributed by atoms with E-state index in [4.69, 9.17) is 4.99 Å². The van der Waals surface area contributed by atoms with Gasteiger partial charge in [0.2, 0.25) is 0 Å². The molecule has 2 aromatic rings. The van der Waals surface area contributed by atoms with E-state index >= 15 is 0 Å². The number of benzene rings is 2. The molecule has 0 saturated carbocycles. The Morgan fingerprint density at radius 3 is 2.54 bits per heavy atom. The van der Waals surface area contributed by atoms with Crippen LogP contribution in [0.1, 0.15) is 44.2 Å². The standard InChI is InChI=1S/C25H28N2O/c1-18-23-21(13-9-16-25(23,2)3)26-24(20-12-7-8-14-22(20)28)27(18)17-15-19-10-5-4-6-11-19/h4-8,10-12,14,28H,1,9,13,15-17H2,2-3H3. The second-order valence-electron chi connectivity index (χ2n) is 8.35. The van der Waals surface area contributed by atoms with Crippen molar-refractivity contribution in [1.82, 2.24) is 4.90 Å². The van der Waals surface area contributed by atoms with Crippen LogP contribution in [0.4, 0.5) is 0 Å². The minimum Gasteiger partial charge on any atom is -0.507 e. The van der Waals surface area contributed by atoms with Crippen molar-refractivity contribution in [3.8, 4) is 5.75 Å². The van der Waals surface area contributed by atoms with Gasteiger partial charge in [-0.2, -0.15) is 0 Å². The number of amidine groups is 1. The lowest BCUT2D eigenvalue weighted by Gasteiger charge is -2.42. The summed E-state index contributed by atoms with van der Waals surface area (Å²) < 4.78 is 0. The van der Waals surface area contributed by atoms with Crippen LogP contribution in [0, 0.1) is 5.41 Å². The summed E-state index contributed by atoms with van der Waals surface area (Å²) in [4.78, 5) is 7.28. The number of nitrogens with zero attached hydrogens (tertiary/aromatic N) is 2. The van der Waals surface area contributed by atoms with Crippen LogP contribution in [-0.2, 0) is 6.42 Å². The van der Waals surface area contributed by atoms with E-state index in [0.717, 1.165) is 55.0 Å². The van der Waals surface area contributed by atoms with E-state index < -0.39 is 0 Å². The Hall–Kier alpha value is -2.81. The van der Waals surface area contributed by atoms with Crippen molar-refractivity contribution in [3.05, 3.63) is 89.3 Å². The number of phenols is 1. The molecule has 2 aliphatic rings. The maximum Gasteiger partial charge on any atom is 0.144 e. The molecule has 0 unspecified atom stereocenters. The smallest absolute Gasteiger partial charge is 0.144 e. The Kier molecular flexibility index (Phi) is 4.84. The third-order valence-corrected chi connectivity index (χ3v) is 5.90. The molecule has 28 heavy (non-hydrogen) atoms.